The number of para-hydroxylation sites is 1. The summed E-state index contributed by atoms with van der Waals surface area (Å²) in [5.74, 6) is 0.0430. The number of alkyl halides is 3. The van der Waals surface area contributed by atoms with Crippen LogP contribution in [0.4, 0.5) is 18.9 Å². The number of nitrogens with zero attached hydrogens (tertiary/aromatic N) is 2. The van der Waals surface area contributed by atoms with Crippen molar-refractivity contribution in [3.63, 3.8) is 0 Å². The fraction of sp³-hybridized carbons (Fsp3) is 0.222. The molecule has 0 atom stereocenters. The van der Waals surface area contributed by atoms with E-state index in [9.17, 15) is 18.0 Å². The normalized spacial score (nSPS) is 14.2. The average molecular weight is 396 g/mol. The Morgan fingerprint density at radius 3 is 2.70 bits per heavy atom. The molecule has 140 valence electrons. The van der Waals surface area contributed by atoms with Gasteiger partial charge in [-0.25, -0.2) is 4.98 Å². The summed E-state index contributed by atoms with van der Waals surface area (Å²) in [5, 5.41) is 3.62. The number of ether oxygens (including phenoxy) is 1. The summed E-state index contributed by atoms with van der Waals surface area (Å²) < 4.78 is 46.3. The van der Waals surface area contributed by atoms with Crippen molar-refractivity contribution in [1.82, 2.24) is 9.55 Å². The second-order valence-electron chi connectivity index (χ2n) is 5.99. The van der Waals surface area contributed by atoms with Gasteiger partial charge in [-0.05, 0) is 30.7 Å². The van der Waals surface area contributed by atoms with E-state index in [1.54, 1.807) is 24.3 Å². The molecule has 1 N–H and O–H groups in total. The molecule has 5 nitrogen and oxygen atoms in total. The summed E-state index contributed by atoms with van der Waals surface area (Å²) in [6.45, 7) is 0.843. The number of pyridine rings is 2. The van der Waals surface area contributed by atoms with E-state index >= 15 is 0 Å². The first kappa shape index (κ1) is 17.7. The van der Waals surface area contributed by atoms with Gasteiger partial charge in [0.15, 0.2) is 0 Å². The second-order valence-corrected chi connectivity index (χ2v) is 6.40. The molecular weight excluding hydrogens is 383 g/mol. The van der Waals surface area contributed by atoms with E-state index in [0.717, 1.165) is 10.6 Å². The Balaban J connectivity index is 2.15. The van der Waals surface area contributed by atoms with Crippen molar-refractivity contribution in [1.29, 1.82) is 0 Å². The van der Waals surface area contributed by atoms with E-state index in [-0.39, 0.29) is 22.1 Å². The van der Waals surface area contributed by atoms with Crippen molar-refractivity contribution in [2.24, 2.45) is 0 Å². The molecule has 0 saturated heterocycles. The monoisotopic (exact) mass is 395 g/mol. The van der Waals surface area contributed by atoms with E-state index in [1.165, 1.54) is 6.07 Å². The molecule has 3 aromatic rings. The first-order chi connectivity index (χ1) is 12.9. The molecular formula is C18H13ClF3N3O2. The van der Waals surface area contributed by atoms with Crippen LogP contribution in [0.5, 0.6) is 5.75 Å². The lowest BCUT2D eigenvalue weighted by Crippen LogP contribution is -2.24. The predicted molar refractivity (Wildman–Crippen MR) is 96.0 cm³/mol. The van der Waals surface area contributed by atoms with Crippen molar-refractivity contribution in [2.75, 3.05) is 18.5 Å². The van der Waals surface area contributed by atoms with Gasteiger partial charge in [-0.3, -0.25) is 9.36 Å². The molecule has 0 bridgehead atoms. The lowest BCUT2D eigenvalue weighted by atomic mass is 10.2. The van der Waals surface area contributed by atoms with E-state index < -0.39 is 17.4 Å². The minimum Gasteiger partial charge on any atom is -0.486 e. The molecule has 1 aliphatic rings. The first-order valence-electron chi connectivity index (χ1n) is 8.16. The Labute approximate surface area is 156 Å². The van der Waals surface area contributed by atoms with Gasteiger partial charge in [0.2, 0.25) is 5.75 Å². The standard InChI is InChI=1S/C18H13ClF3N3O2/c19-11-4-1-2-5-12(11)25-16-10(6-7-13(24-16)18(20,21)22)14-15(17(25)26)27-9-3-8-23-14/h1-2,4-7,23H,3,8-9H2. The quantitative estimate of drug-likeness (QED) is 0.669. The molecule has 2 aromatic heterocycles. The number of fused-ring (bicyclic) bond motifs is 3. The summed E-state index contributed by atoms with van der Waals surface area (Å²) in [7, 11) is 0. The Morgan fingerprint density at radius 2 is 1.96 bits per heavy atom. The van der Waals surface area contributed by atoms with Gasteiger partial charge in [0.05, 0.1) is 23.0 Å². The maximum atomic E-state index is 13.2. The molecule has 0 amide bonds. The van der Waals surface area contributed by atoms with Crippen molar-refractivity contribution in [3.8, 4) is 11.4 Å². The smallest absolute Gasteiger partial charge is 0.433 e. The number of rotatable bonds is 1. The highest BCUT2D eigenvalue weighted by atomic mass is 35.5. The molecule has 27 heavy (non-hydrogen) atoms. The van der Waals surface area contributed by atoms with Crippen LogP contribution in [0.25, 0.3) is 16.7 Å². The number of aromatic nitrogens is 2. The molecule has 4 rings (SSSR count). The Bertz CT molecular complexity index is 1100. The Hall–Kier alpha value is -2.74. The third kappa shape index (κ3) is 2.99. The zero-order chi connectivity index (χ0) is 19.2. The number of benzene rings is 1. The van der Waals surface area contributed by atoms with Crippen LogP contribution in [0.3, 0.4) is 0 Å². The van der Waals surface area contributed by atoms with Crippen LogP contribution in [0.15, 0.2) is 41.2 Å². The van der Waals surface area contributed by atoms with Crippen molar-refractivity contribution in [2.45, 2.75) is 12.6 Å². The highest BCUT2D eigenvalue weighted by Gasteiger charge is 2.34. The summed E-state index contributed by atoms with van der Waals surface area (Å²) in [5.41, 5.74) is -1.27. The molecule has 0 saturated carbocycles. The SMILES string of the molecule is O=c1c2c(c3ccc(C(F)(F)F)nc3n1-c1ccccc1Cl)NCCCO2. The molecule has 0 fully saturated rings. The van der Waals surface area contributed by atoms with Gasteiger partial charge < -0.3 is 10.1 Å². The average Bonchev–Trinajstić information content (AvgIpc) is 2.88. The van der Waals surface area contributed by atoms with Gasteiger partial charge in [-0.15, -0.1) is 0 Å². The van der Waals surface area contributed by atoms with Gasteiger partial charge in [-0.1, -0.05) is 23.7 Å². The number of hydrogen-bond acceptors (Lipinski definition) is 4. The molecule has 9 heteroatoms. The number of hydrogen-bond donors (Lipinski definition) is 1. The van der Waals surface area contributed by atoms with Crippen LogP contribution < -0.4 is 15.6 Å². The second kappa shape index (κ2) is 6.45. The molecule has 0 unspecified atom stereocenters. The summed E-state index contributed by atoms with van der Waals surface area (Å²) in [6.07, 6.45) is -4.00. The molecule has 3 heterocycles. The maximum Gasteiger partial charge on any atom is 0.433 e. The lowest BCUT2D eigenvalue weighted by Gasteiger charge is -2.18. The number of anilines is 1. The number of nitrogens with one attached hydrogen (secondary N) is 1. The molecule has 1 aliphatic heterocycles. The van der Waals surface area contributed by atoms with Crippen molar-refractivity contribution in [3.05, 3.63) is 57.5 Å². The van der Waals surface area contributed by atoms with Crippen LogP contribution in [-0.4, -0.2) is 22.7 Å². The summed E-state index contributed by atoms with van der Waals surface area (Å²) in [4.78, 5) is 16.9. The van der Waals surface area contributed by atoms with E-state index in [2.05, 4.69) is 10.3 Å². The minimum absolute atomic E-state index is 0.0430. The third-order valence-electron chi connectivity index (χ3n) is 4.23. The highest BCUT2D eigenvalue weighted by molar-refractivity contribution is 6.32. The van der Waals surface area contributed by atoms with Crippen LogP contribution in [-0.2, 0) is 6.18 Å². The lowest BCUT2D eigenvalue weighted by molar-refractivity contribution is -0.141. The maximum absolute atomic E-state index is 13.2. The van der Waals surface area contributed by atoms with Gasteiger partial charge >= 0.3 is 11.7 Å². The fourth-order valence-corrected chi connectivity index (χ4v) is 3.24. The van der Waals surface area contributed by atoms with Crippen molar-refractivity contribution >= 4 is 28.3 Å². The van der Waals surface area contributed by atoms with Gasteiger partial charge in [-0.2, -0.15) is 13.2 Å². The molecule has 0 aliphatic carbocycles. The van der Waals surface area contributed by atoms with Gasteiger partial charge in [0.1, 0.15) is 11.3 Å². The van der Waals surface area contributed by atoms with Gasteiger partial charge in [0.25, 0.3) is 0 Å². The zero-order valence-electron chi connectivity index (χ0n) is 13.8. The van der Waals surface area contributed by atoms with Crippen LogP contribution in [0, 0.1) is 0 Å². The highest BCUT2D eigenvalue weighted by Crippen LogP contribution is 2.36. The number of halogens is 4. The van der Waals surface area contributed by atoms with Crippen LogP contribution in [0.2, 0.25) is 5.02 Å². The Morgan fingerprint density at radius 1 is 1.19 bits per heavy atom. The molecule has 1 aromatic carbocycles. The fourth-order valence-electron chi connectivity index (χ4n) is 3.02. The Kier molecular flexibility index (Phi) is 4.22. The van der Waals surface area contributed by atoms with E-state index in [1.807, 2.05) is 0 Å². The van der Waals surface area contributed by atoms with E-state index in [0.29, 0.717) is 30.6 Å². The largest absolute Gasteiger partial charge is 0.486 e. The minimum atomic E-state index is -4.65. The van der Waals surface area contributed by atoms with Gasteiger partial charge in [0, 0.05) is 11.9 Å². The third-order valence-corrected chi connectivity index (χ3v) is 4.55. The zero-order valence-corrected chi connectivity index (χ0v) is 14.6. The van der Waals surface area contributed by atoms with Crippen molar-refractivity contribution < 1.29 is 17.9 Å². The topological polar surface area (TPSA) is 56.2 Å². The summed E-state index contributed by atoms with van der Waals surface area (Å²) in [6, 6.07) is 8.57. The van der Waals surface area contributed by atoms with E-state index in [4.69, 9.17) is 16.3 Å². The predicted octanol–water partition coefficient (Wildman–Crippen LogP) is 4.25. The molecule has 0 spiro atoms. The summed E-state index contributed by atoms with van der Waals surface area (Å²) >= 11 is 6.21. The van der Waals surface area contributed by atoms with Crippen LogP contribution >= 0.6 is 11.6 Å². The molecule has 0 radical (unpaired) electrons. The first-order valence-corrected chi connectivity index (χ1v) is 8.54. The van der Waals surface area contributed by atoms with Crippen LogP contribution in [0.1, 0.15) is 12.1 Å².